The molecule has 0 aliphatic rings. The van der Waals surface area contributed by atoms with Crippen LogP contribution in [-0.4, -0.2) is 29.0 Å². The number of aryl methyl sites for hydroxylation is 3. The number of carbonyl (C=O) groups is 2. The van der Waals surface area contributed by atoms with Crippen LogP contribution in [0.15, 0.2) is 36.7 Å². The van der Waals surface area contributed by atoms with Crippen molar-refractivity contribution in [2.45, 2.75) is 40.2 Å². The lowest BCUT2D eigenvalue weighted by Crippen LogP contribution is -2.47. The molecule has 26 heavy (non-hydrogen) atoms. The molecular weight excluding hydrogens is 352 g/mol. The highest BCUT2D eigenvalue weighted by molar-refractivity contribution is 5.95. The number of pyridine rings is 1. The molecule has 2 rings (SSSR count). The monoisotopic (exact) mass is 376 g/mol. The Bertz CT molecular complexity index is 766. The fraction of sp³-hybridized carbons (Fsp3) is 0.350. The van der Waals surface area contributed by atoms with Crippen molar-refractivity contribution in [2.24, 2.45) is 0 Å². The van der Waals surface area contributed by atoms with E-state index in [1.54, 1.807) is 24.5 Å². The molecule has 0 saturated heterocycles. The molecule has 0 saturated carbocycles. The number of carbonyl (C=O) groups excluding carboxylic acids is 2. The first-order valence-corrected chi connectivity index (χ1v) is 8.17. The minimum atomic E-state index is -0.692. The molecule has 0 atom stereocenters. The SMILES string of the molecule is Cc1cc(C)c(C(=O)OCC(C)(C)NC(=O)c2ccncc2)c(C)c1.Cl. The van der Waals surface area contributed by atoms with E-state index < -0.39 is 5.54 Å². The lowest BCUT2D eigenvalue weighted by atomic mass is 10.00. The van der Waals surface area contributed by atoms with E-state index in [0.717, 1.165) is 16.7 Å². The first-order valence-electron chi connectivity index (χ1n) is 8.17. The predicted octanol–water partition coefficient (Wildman–Crippen LogP) is 3.79. The Kier molecular flexibility index (Phi) is 7.33. The molecule has 2 aromatic rings. The number of benzene rings is 1. The van der Waals surface area contributed by atoms with Crippen LogP contribution in [0.1, 0.15) is 51.3 Å². The lowest BCUT2D eigenvalue weighted by molar-refractivity contribution is 0.0388. The quantitative estimate of drug-likeness (QED) is 0.806. The van der Waals surface area contributed by atoms with Gasteiger partial charge in [-0.15, -0.1) is 12.4 Å². The summed E-state index contributed by atoms with van der Waals surface area (Å²) >= 11 is 0. The molecule has 0 radical (unpaired) electrons. The summed E-state index contributed by atoms with van der Waals surface area (Å²) in [5, 5.41) is 2.87. The molecule has 0 aliphatic heterocycles. The Hall–Kier alpha value is -2.40. The molecule has 0 fully saturated rings. The topological polar surface area (TPSA) is 68.3 Å². The van der Waals surface area contributed by atoms with Crippen LogP contribution in [0.2, 0.25) is 0 Å². The lowest BCUT2D eigenvalue weighted by Gasteiger charge is -2.26. The Balaban J connectivity index is 0.00000338. The average molecular weight is 377 g/mol. The number of esters is 1. The van der Waals surface area contributed by atoms with E-state index in [1.165, 1.54) is 0 Å². The number of halogens is 1. The zero-order valence-electron chi connectivity index (χ0n) is 15.8. The zero-order valence-corrected chi connectivity index (χ0v) is 16.6. The highest BCUT2D eigenvalue weighted by Gasteiger charge is 2.24. The second-order valence-electron chi connectivity index (χ2n) is 6.92. The van der Waals surface area contributed by atoms with Gasteiger partial charge in [-0.05, 0) is 57.9 Å². The Labute approximate surface area is 160 Å². The van der Waals surface area contributed by atoms with Crippen molar-refractivity contribution >= 4 is 24.3 Å². The predicted molar refractivity (Wildman–Crippen MR) is 104 cm³/mol. The third-order valence-electron chi connectivity index (χ3n) is 3.84. The van der Waals surface area contributed by atoms with Crippen molar-refractivity contribution in [1.29, 1.82) is 0 Å². The number of nitrogens with zero attached hydrogens (tertiary/aromatic N) is 1. The Morgan fingerprint density at radius 3 is 2.15 bits per heavy atom. The average Bonchev–Trinajstić information content (AvgIpc) is 2.52. The third kappa shape index (κ3) is 5.56. The summed E-state index contributed by atoms with van der Waals surface area (Å²) < 4.78 is 5.47. The molecule has 1 heterocycles. The molecule has 140 valence electrons. The molecule has 1 N–H and O–H groups in total. The normalized spacial score (nSPS) is 10.7. The number of hydrogen-bond acceptors (Lipinski definition) is 4. The van der Waals surface area contributed by atoms with Gasteiger partial charge in [-0.25, -0.2) is 4.79 Å². The number of aromatic nitrogens is 1. The number of amides is 1. The van der Waals surface area contributed by atoms with Crippen LogP contribution in [-0.2, 0) is 4.74 Å². The third-order valence-corrected chi connectivity index (χ3v) is 3.84. The first kappa shape index (κ1) is 21.6. The molecule has 6 heteroatoms. The van der Waals surface area contributed by atoms with Crippen molar-refractivity contribution in [3.63, 3.8) is 0 Å². The fourth-order valence-electron chi connectivity index (χ4n) is 2.74. The number of ether oxygens (including phenoxy) is 1. The molecule has 0 unspecified atom stereocenters. The van der Waals surface area contributed by atoms with Crippen LogP contribution < -0.4 is 5.32 Å². The molecule has 5 nitrogen and oxygen atoms in total. The van der Waals surface area contributed by atoms with Crippen LogP contribution in [0.3, 0.4) is 0 Å². The van der Waals surface area contributed by atoms with E-state index >= 15 is 0 Å². The summed E-state index contributed by atoms with van der Waals surface area (Å²) in [5.41, 5.74) is 3.29. The minimum Gasteiger partial charge on any atom is -0.460 e. The fourth-order valence-corrected chi connectivity index (χ4v) is 2.74. The zero-order chi connectivity index (χ0) is 18.6. The molecule has 0 aliphatic carbocycles. The Morgan fingerprint density at radius 2 is 1.62 bits per heavy atom. The van der Waals surface area contributed by atoms with E-state index in [1.807, 2.05) is 46.8 Å². The maximum Gasteiger partial charge on any atom is 0.338 e. The van der Waals surface area contributed by atoms with Crippen molar-refractivity contribution in [3.8, 4) is 0 Å². The van der Waals surface area contributed by atoms with Gasteiger partial charge < -0.3 is 10.1 Å². The molecule has 0 bridgehead atoms. The molecule has 0 spiro atoms. The summed E-state index contributed by atoms with van der Waals surface area (Å²) in [5.74, 6) is -0.604. The van der Waals surface area contributed by atoms with Gasteiger partial charge in [0.25, 0.3) is 5.91 Å². The minimum absolute atomic E-state index is 0. The van der Waals surface area contributed by atoms with Crippen LogP contribution in [0.4, 0.5) is 0 Å². The van der Waals surface area contributed by atoms with E-state index in [2.05, 4.69) is 10.3 Å². The van der Waals surface area contributed by atoms with Gasteiger partial charge in [0.1, 0.15) is 6.61 Å². The molecular formula is C20H25ClN2O3. The van der Waals surface area contributed by atoms with Gasteiger partial charge in [0, 0.05) is 18.0 Å². The van der Waals surface area contributed by atoms with Crippen LogP contribution in [0.5, 0.6) is 0 Å². The van der Waals surface area contributed by atoms with Crippen molar-refractivity contribution in [1.82, 2.24) is 10.3 Å². The van der Waals surface area contributed by atoms with Crippen molar-refractivity contribution < 1.29 is 14.3 Å². The molecule has 1 amide bonds. The maximum atomic E-state index is 12.5. The summed E-state index contributed by atoms with van der Waals surface area (Å²) in [6.45, 7) is 9.49. The van der Waals surface area contributed by atoms with Crippen LogP contribution in [0.25, 0.3) is 0 Å². The molecule has 1 aromatic heterocycles. The maximum absolute atomic E-state index is 12.5. The molecule has 1 aromatic carbocycles. The van der Waals surface area contributed by atoms with E-state index in [0.29, 0.717) is 11.1 Å². The largest absolute Gasteiger partial charge is 0.460 e. The van der Waals surface area contributed by atoms with E-state index in [9.17, 15) is 9.59 Å². The standard InChI is InChI=1S/C20H24N2O3.ClH/c1-13-10-14(2)17(15(3)11-13)19(24)25-12-20(4,5)22-18(23)16-6-8-21-9-7-16;/h6-11H,12H2,1-5H3,(H,22,23);1H. The first-order chi connectivity index (χ1) is 11.7. The van der Waals surface area contributed by atoms with Gasteiger partial charge >= 0.3 is 5.97 Å². The highest BCUT2D eigenvalue weighted by atomic mass is 35.5. The summed E-state index contributed by atoms with van der Waals surface area (Å²) in [4.78, 5) is 28.6. The van der Waals surface area contributed by atoms with Gasteiger partial charge in [0.15, 0.2) is 0 Å². The van der Waals surface area contributed by atoms with Gasteiger partial charge in [-0.2, -0.15) is 0 Å². The summed E-state index contributed by atoms with van der Waals surface area (Å²) in [6, 6.07) is 7.19. The number of nitrogens with one attached hydrogen (secondary N) is 1. The smallest absolute Gasteiger partial charge is 0.338 e. The summed E-state index contributed by atoms with van der Waals surface area (Å²) in [6.07, 6.45) is 3.12. The second kappa shape index (κ2) is 8.81. The van der Waals surface area contributed by atoms with Gasteiger partial charge in [0.05, 0.1) is 11.1 Å². The number of rotatable bonds is 5. The van der Waals surface area contributed by atoms with Crippen molar-refractivity contribution in [3.05, 3.63) is 64.5 Å². The Morgan fingerprint density at radius 1 is 1.08 bits per heavy atom. The van der Waals surface area contributed by atoms with E-state index in [-0.39, 0.29) is 30.9 Å². The van der Waals surface area contributed by atoms with E-state index in [4.69, 9.17) is 4.74 Å². The summed E-state index contributed by atoms with van der Waals surface area (Å²) in [7, 11) is 0. The number of hydrogen-bond donors (Lipinski definition) is 1. The van der Waals surface area contributed by atoms with Crippen LogP contribution >= 0.6 is 12.4 Å². The van der Waals surface area contributed by atoms with Gasteiger partial charge in [-0.1, -0.05) is 17.7 Å². The second-order valence-corrected chi connectivity index (χ2v) is 6.92. The van der Waals surface area contributed by atoms with Crippen LogP contribution in [0, 0.1) is 20.8 Å². The van der Waals surface area contributed by atoms with Gasteiger partial charge in [0.2, 0.25) is 0 Å². The van der Waals surface area contributed by atoms with Gasteiger partial charge in [-0.3, -0.25) is 9.78 Å². The highest BCUT2D eigenvalue weighted by Crippen LogP contribution is 2.18. The van der Waals surface area contributed by atoms with Crippen molar-refractivity contribution in [2.75, 3.05) is 6.61 Å².